The highest BCUT2D eigenvalue weighted by Crippen LogP contribution is 2.22. The number of aromatic nitrogens is 2. The van der Waals surface area contributed by atoms with E-state index in [1.54, 1.807) is 0 Å². The fourth-order valence-electron chi connectivity index (χ4n) is 1.98. The Balaban J connectivity index is 3.08. The van der Waals surface area contributed by atoms with Crippen molar-refractivity contribution in [1.29, 1.82) is 0 Å². The van der Waals surface area contributed by atoms with Crippen LogP contribution in [0, 0.1) is 13.8 Å². The van der Waals surface area contributed by atoms with Crippen LogP contribution in [0.25, 0.3) is 5.57 Å². The van der Waals surface area contributed by atoms with Gasteiger partial charge < -0.3 is 5.73 Å². The molecule has 2 N–H and O–H groups in total. The Labute approximate surface area is 92.0 Å². The van der Waals surface area contributed by atoms with Crippen molar-refractivity contribution in [1.82, 2.24) is 9.78 Å². The highest BCUT2D eigenvalue weighted by atomic mass is 15.3. The first-order chi connectivity index (χ1) is 7.11. The highest BCUT2D eigenvalue weighted by Gasteiger charge is 2.11. The van der Waals surface area contributed by atoms with Gasteiger partial charge in [0.15, 0.2) is 0 Å². The van der Waals surface area contributed by atoms with Crippen molar-refractivity contribution in [2.45, 2.75) is 40.7 Å². The molecule has 1 heterocycles. The topological polar surface area (TPSA) is 43.8 Å². The van der Waals surface area contributed by atoms with Gasteiger partial charge in [-0.2, -0.15) is 5.10 Å². The van der Waals surface area contributed by atoms with Gasteiger partial charge in [-0.05, 0) is 46.2 Å². The molecule has 0 radical (unpaired) electrons. The maximum absolute atomic E-state index is 5.50. The Morgan fingerprint density at radius 1 is 1.47 bits per heavy atom. The quantitative estimate of drug-likeness (QED) is 0.823. The van der Waals surface area contributed by atoms with E-state index in [-0.39, 0.29) is 0 Å². The Hall–Kier alpha value is -1.09. The van der Waals surface area contributed by atoms with Crippen LogP contribution in [0.4, 0.5) is 0 Å². The van der Waals surface area contributed by atoms with E-state index in [2.05, 4.69) is 38.9 Å². The third-order valence-corrected chi connectivity index (χ3v) is 2.69. The minimum Gasteiger partial charge on any atom is -0.330 e. The van der Waals surface area contributed by atoms with Crippen LogP contribution in [0.15, 0.2) is 6.08 Å². The number of aryl methyl sites for hydroxylation is 2. The Bertz CT molecular complexity index is 361. The molecule has 0 aliphatic carbocycles. The van der Waals surface area contributed by atoms with Crippen molar-refractivity contribution in [3.8, 4) is 0 Å². The molecule has 0 fully saturated rings. The lowest BCUT2D eigenvalue weighted by atomic mass is 10.0. The van der Waals surface area contributed by atoms with Crippen LogP contribution >= 0.6 is 0 Å². The summed E-state index contributed by atoms with van der Waals surface area (Å²) in [6, 6.07) is 0. The second-order valence-electron chi connectivity index (χ2n) is 3.83. The average Bonchev–Trinajstić information content (AvgIpc) is 2.50. The van der Waals surface area contributed by atoms with E-state index in [0.29, 0.717) is 6.54 Å². The van der Waals surface area contributed by atoms with E-state index in [9.17, 15) is 0 Å². The molecule has 0 saturated carbocycles. The van der Waals surface area contributed by atoms with Gasteiger partial charge in [0.1, 0.15) is 0 Å². The van der Waals surface area contributed by atoms with Crippen molar-refractivity contribution in [3.05, 3.63) is 23.0 Å². The van der Waals surface area contributed by atoms with Crippen molar-refractivity contribution in [2.24, 2.45) is 5.73 Å². The van der Waals surface area contributed by atoms with Gasteiger partial charge in [0.25, 0.3) is 0 Å². The van der Waals surface area contributed by atoms with E-state index >= 15 is 0 Å². The maximum atomic E-state index is 5.50. The van der Waals surface area contributed by atoms with Gasteiger partial charge in [0, 0.05) is 17.8 Å². The lowest BCUT2D eigenvalue weighted by Crippen LogP contribution is -1.99. The number of hydrogen-bond acceptors (Lipinski definition) is 2. The summed E-state index contributed by atoms with van der Waals surface area (Å²) in [5, 5.41) is 4.50. The highest BCUT2D eigenvalue weighted by molar-refractivity contribution is 5.67. The predicted octanol–water partition coefficient (Wildman–Crippen LogP) is 2.27. The van der Waals surface area contributed by atoms with Crippen LogP contribution in [0.2, 0.25) is 0 Å². The van der Waals surface area contributed by atoms with Crippen LogP contribution in [0.5, 0.6) is 0 Å². The molecule has 0 spiro atoms. The Morgan fingerprint density at radius 2 is 2.13 bits per heavy atom. The first-order valence-corrected chi connectivity index (χ1v) is 5.53. The molecule has 0 saturated heterocycles. The molecule has 0 aromatic carbocycles. The monoisotopic (exact) mass is 207 g/mol. The summed E-state index contributed by atoms with van der Waals surface area (Å²) in [7, 11) is 0. The van der Waals surface area contributed by atoms with Crippen molar-refractivity contribution >= 4 is 5.57 Å². The normalized spacial score (nSPS) is 12.2. The third-order valence-electron chi connectivity index (χ3n) is 2.69. The van der Waals surface area contributed by atoms with Gasteiger partial charge in [-0.25, -0.2) is 0 Å². The maximum Gasteiger partial charge on any atom is 0.0671 e. The Morgan fingerprint density at radius 3 is 2.60 bits per heavy atom. The first kappa shape index (κ1) is 12.0. The number of rotatable bonds is 4. The summed E-state index contributed by atoms with van der Waals surface area (Å²) in [6.45, 7) is 10.1. The zero-order valence-corrected chi connectivity index (χ0v) is 10.2. The molecule has 0 bridgehead atoms. The van der Waals surface area contributed by atoms with Crippen LogP contribution < -0.4 is 5.73 Å². The van der Waals surface area contributed by atoms with Gasteiger partial charge in [-0.1, -0.05) is 6.08 Å². The van der Waals surface area contributed by atoms with E-state index < -0.39 is 0 Å². The van der Waals surface area contributed by atoms with Crippen LogP contribution in [0.1, 0.15) is 37.2 Å². The Kier molecular flexibility index (Phi) is 4.09. The summed E-state index contributed by atoms with van der Waals surface area (Å²) >= 11 is 0. The standard InChI is InChI=1S/C12H21N3/c1-5-15-11(4)12(10(3)14-15)9(2)7-6-8-13/h7H,5-6,8,13H2,1-4H3. The molecule has 84 valence electrons. The van der Waals surface area contributed by atoms with Crippen LogP contribution in [0.3, 0.4) is 0 Å². The molecule has 0 aliphatic heterocycles. The molecule has 1 aromatic rings. The average molecular weight is 207 g/mol. The van der Waals surface area contributed by atoms with Gasteiger partial charge in [-0.15, -0.1) is 0 Å². The molecule has 1 aromatic heterocycles. The number of nitrogens with two attached hydrogens (primary N) is 1. The zero-order valence-electron chi connectivity index (χ0n) is 10.2. The SMILES string of the molecule is CCn1nc(C)c(C(C)=CCCN)c1C. The summed E-state index contributed by atoms with van der Waals surface area (Å²) < 4.78 is 2.05. The fraction of sp³-hybridized carbons (Fsp3) is 0.583. The van der Waals surface area contributed by atoms with Crippen molar-refractivity contribution in [2.75, 3.05) is 6.54 Å². The minimum absolute atomic E-state index is 0.706. The number of nitrogens with zero attached hydrogens (tertiary/aromatic N) is 2. The second kappa shape index (κ2) is 5.12. The lowest BCUT2D eigenvalue weighted by Gasteiger charge is -2.03. The fourth-order valence-corrected chi connectivity index (χ4v) is 1.98. The van der Waals surface area contributed by atoms with Gasteiger partial charge in [-0.3, -0.25) is 4.68 Å². The molecule has 0 atom stereocenters. The minimum atomic E-state index is 0.706. The van der Waals surface area contributed by atoms with Crippen molar-refractivity contribution in [3.63, 3.8) is 0 Å². The second-order valence-corrected chi connectivity index (χ2v) is 3.83. The predicted molar refractivity (Wildman–Crippen MR) is 64.7 cm³/mol. The largest absolute Gasteiger partial charge is 0.330 e. The smallest absolute Gasteiger partial charge is 0.0671 e. The lowest BCUT2D eigenvalue weighted by molar-refractivity contribution is 0.634. The van der Waals surface area contributed by atoms with E-state index in [1.165, 1.54) is 16.8 Å². The molecule has 15 heavy (non-hydrogen) atoms. The summed E-state index contributed by atoms with van der Waals surface area (Å²) in [4.78, 5) is 0. The summed E-state index contributed by atoms with van der Waals surface area (Å²) in [5.74, 6) is 0. The van der Waals surface area contributed by atoms with Gasteiger partial charge >= 0.3 is 0 Å². The van der Waals surface area contributed by atoms with Crippen LogP contribution in [-0.2, 0) is 6.54 Å². The molecular formula is C12H21N3. The molecule has 1 rings (SSSR count). The summed E-state index contributed by atoms with van der Waals surface area (Å²) in [5.41, 5.74) is 10.4. The van der Waals surface area contributed by atoms with E-state index in [0.717, 1.165) is 18.7 Å². The van der Waals surface area contributed by atoms with E-state index in [4.69, 9.17) is 5.73 Å². The number of allylic oxidation sites excluding steroid dienone is 1. The molecule has 0 aliphatic rings. The first-order valence-electron chi connectivity index (χ1n) is 5.53. The summed E-state index contributed by atoms with van der Waals surface area (Å²) in [6.07, 6.45) is 3.12. The molecule has 0 amide bonds. The zero-order chi connectivity index (χ0) is 11.4. The molecule has 3 heteroatoms. The molecule has 3 nitrogen and oxygen atoms in total. The molecular weight excluding hydrogens is 186 g/mol. The number of hydrogen-bond donors (Lipinski definition) is 1. The third kappa shape index (κ3) is 2.48. The van der Waals surface area contributed by atoms with Crippen LogP contribution in [-0.4, -0.2) is 16.3 Å². The van der Waals surface area contributed by atoms with Gasteiger partial charge in [0.2, 0.25) is 0 Å². The molecule has 0 unspecified atom stereocenters. The van der Waals surface area contributed by atoms with Gasteiger partial charge in [0.05, 0.1) is 5.69 Å². The van der Waals surface area contributed by atoms with E-state index in [1.807, 2.05) is 4.68 Å². The van der Waals surface area contributed by atoms with Crippen molar-refractivity contribution < 1.29 is 0 Å².